The van der Waals surface area contributed by atoms with E-state index in [1.54, 1.807) is 7.11 Å². The number of nitrogens with zero attached hydrogens (tertiary/aromatic N) is 2. The Morgan fingerprint density at radius 3 is 2.87 bits per heavy atom. The van der Waals surface area contributed by atoms with Crippen LogP contribution in [-0.4, -0.2) is 30.6 Å². The van der Waals surface area contributed by atoms with Gasteiger partial charge in [0.2, 0.25) is 5.88 Å². The zero-order chi connectivity index (χ0) is 10.8. The molecule has 15 heavy (non-hydrogen) atoms. The van der Waals surface area contributed by atoms with E-state index in [4.69, 9.17) is 4.74 Å². The average Bonchev–Trinajstić information content (AvgIpc) is 2.64. The van der Waals surface area contributed by atoms with E-state index in [-0.39, 0.29) is 0 Å². The molecule has 0 aromatic carbocycles. The Morgan fingerprint density at radius 1 is 1.53 bits per heavy atom. The van der Waals surface area contributed by atoms with Crippen LogP contribution in [0.3, 0.4) is 0 Å². The van der Waals surface area contributed by atoms with Crippen molar-refractivity contribution in [1.82, 2.24) is 9.88 Å². The fourth-order valence-electron chi connectivity index (χ4n) is 2.30. The molecule has 82 valence electrons. The second-order valence-corrected chi connectivity index (χ2v) is 4.22. The van der Waals surface area contributed by atoms with Gasteiger partial charge in [0.05, 0.1) is 7.11 Å². The lowest BCUT2D eigenvalue weighted by molar-refractivity contribution is 0.315. The number of pyridine rings is 1. The molecular weight excluding hydrogens is 188 g/mol. The fourth-order valence-corrected chi connectivity index (χ4v) is 2.30. The summed E-state index contributed by atoms with van der Waals surface area (Å²) in [6, 6.07) is 2.56. The van der Waals surface area contributed by atoms with Crippen molar-refractivity contribution in [2.75, 3.05) is 20.7 Å². The lowest BCUT2D eigenvalue weighted by atomic mass is 10.0. The summed E-state index contributed by atoms with van der Waals surface area (Å²) in [7, 11) is 3.84. The largest absolute Gasteiger partial charge is 0.481 e. The molecule has 0 saturated carbocycles. The zero-order valence-electron chi connectivity index (χ0n) is 9.66. The second-order valence-electron chi connectivity index (χ2n) is 4.22. The summed E-state index contributed by atoms with van der Waals surface area (Å²) in [5.74, 6) is 0.705. The van der Waals surface area contributed by atoms with Gasteiger partial charge in [0.15, 0.2) is 0 Å². The van der Waals surface area contributed by atoms with Gasteiger partial charge in [-0.05, 0) is 44.5 Å². The van der Waals surface area contributed by atoms with Crippen molar-refractivity contribution in [2.45, 2.75) is 25.8 Å². The van der Waals surface area contributed by atoms with Gasteiger partial charge in [0.1, 0.15) is 0 Å². The Hall–Kier alpha value is -1.09. The third-order valence-electron chi connectivity index (χ3n) is 3.21. The molecule has 0 N–H and O–H groups in total. The van der Waals surface area contributed by atoms with Crippen molar-refractivity contribution >= 4 is 0 Å². The quantitative estimate of drug-likeness (QED) is 0.741. The van der Waals surface area contributed by atoms with Crippen molar-refractivity contribution in [3.63, 3.8) is 0 Å². The van der Waals surface area contributed by atoms with E-state index in [9.17, 15) is 0 Å². The molecule has 0 spiro atoms. The molecule has 0 aliphatic carbocycles. The third-order valence-corrected chi connectivity index (χ3v) is 3.21. The smallest absolute Gasteiger partial charge is 0.213 e. The highest BCUT2D eigenvalue weighted by atomic mass is 16.5. The van der Waals surface area contributed by atoms with Crippen LogP contribution in [-0.2, 0) is 0 Å². The van der Waals surface area contributed by atoms with Gasteiger partial charge in [-0.3, -0.25) is 4.90 Å². The highest BCUT2D eigenvalue weighted by molar-refractivity contribution is 5.31. The van der Waals surface area contributed by atoms with Crippen LogP contribution in [0, 0.1) is 6.92 Å². The van der Waals surface area contributed by atoms with Crippen LogP contribution < -0.4 is 4.74 Å². The lowest BCUT2D eigenvalue weighted by Crippen LogP contribution is -2.18. The van der Waals surface area contributed by atoms with Crippen LogP contribution in [0.15, 0.2) is 12.3 Å². The van der Waals surface area contributed by atoms with Gasteiger partial charge in [-0.2, -0.15) is 0 Å². The van der Waals surface area contributed by atoms with E-state index in [0.29, 0.717) is 11.9 Å². The maximum absolute atomic E-state index is 5.11. The topological polar surface area (TPSA) is 25.4 Å². The summed E-state index contributed by atoms with van der Waals surface area (Å²) >= 11 is 0. The van der Waals surface area contributed by atoms with Gasteiger partial charge in [-0.25, -0.2) is 4.98 Å². The molecule has 1 fully saturated rings. The summed E-state index contributed by atoms with van der Waals surface area (Å²) in [4.78, 5) is 6.69. The predicted molar refractivity (Wildman–Crippen MR) is 60.1 cm³/mol. The summed E-state index contributed by atoms with van der Waals surface area (Å²) in [5, 5.41) is 0. The first-order valence-electron chi connectivity index (χ1n) is 5.43. The molecule has 0 amide bonds. The molecule has 0 radical (unpaired) electrons. The first-order valence-corrected chi connectivity index (χ1v) is 5.43. The molecule has 1 aromatic rings. The van der Waals surface area contributed by atoms with Crippen LogP contribution >= 0.6 is 0 Å². The molecule has 3 heteroatoms. The Kier molecular flexibility index (Phi) is 2.91. The molecule has 1 saturated heterocycles. The molecule has 1 aromatic heterocycles. The maximum Gasteiger partial charge on any atom is 0.213 e. The molecule has 0 bridgehead atoms. The SMILES string of the molecule is COc1cc(C)c([C@@H]2CCCN2C)cn1. The van der Waals surface area contributed by atoms with Crippen LogP contribution in [0.5, 0.6) is 5.88 Å². The number of likely N-dealkylation sites (tertiary alicyclic amines) is 1. The van der Waals surface area contributed by atoms with E-state index in [2.05, 4.69) is 23.9 Å². The third kappa shape index (κ3) is 1.97. The molecule has 0 unspecified atom stereocenters. The highest BCUT2D eigenvalue weighted by Crippen LogP contribution is 2.32. The monoisotopic (exact) mass is 206 g/mol. The highest BCUT2D eigenvalue weighted by Gasteiger charge is 2.24. The van der Waals surface area contributed by atoms with E-state index < -0.39 is 0 Å². The molecule has 2 heterocycles. The molecule has 2 rings (SSSR count). The first-order chi connectivity index (χ1) is 7.22. The summed E-state index contributed by atoms with van der Waals surface area (Å²) < 4.78 is 5.11. The predicted octanol–water partition coefficient (Wildman–Crippen LogP) is 2.17. The van der Waals surface area contributed by atoms with Crippen molar-refractivity contribution in [3.05, 3.63) is 23.4 Å². The maximum atomic E-state index is 5.11. The molecule has 1 aliphatic heterocycles. The van der Waals surface area contributed by atoms with Gasteiger partial charge in [-0.1, -0.05) is 0 Å². The van der Waals surface area contributed by atoms with E-state index in [1.807, 2.05) is 12.3 Å². The number of hydrogen-bond donors (Lipinski definition) is 0. The number of rotatable bonds is 2. The normalized spacial score (nSPS) is 21.9. The van der Waals surface area contributed by atoms with Crippen LogP contribution in [0.25, 0.3) is 0 Å². The Labute approximate surface area is 91.1 Å². The van der Waals surface area contributed by atoms with Crippen molar-refractivity contribution in [2.24, 2.45) is 0 Å². The first kappa shape index (κ1) is 10.4. The zero-order valence-corrected chi connectivity index (χ0v) is 9.66. The molecule has 3 nitrogen and oxygen atoms in total. The molecular formula is C12H18N2O. The van der Waals surface area contributed by atoms with Crippen LogP contribution in [0.2, 0.25) is 0 Å². The van der Waals surface area contributed by atoms with Gasteiger partial charge < -0.3 is 4.74 Å². The van der Waals surface area contributed by atoms with Gasteiger partial charge in [0.25, 0.3) is 0 Å². The molecule has 1 aliphatic rings. The number of ether oxygens (including phenoxy) is 1. The van der Waals surface area contributed by atoms with Crippen molar-refractivity contribution in [1.29, 1.82) is 0 Å². The van der Waals surface area contributed by atoms with E-state index >= 15 is 0 Å². The Morgan fingerprint density at radius 2 is 2.33 bits per heavy atom. The molecule has 1 atom stereocenters. The van der Waals surface area contributed by atoms with Crippen LogP contribution in [0.4, 0.5) is 0 Å². The minimum absolute atomic E-state index is 0.545. The van der Waals surface area contributed by atoms with Gasteiger partial charge in [0, 0.05) is 18.3 Å². The summed E-state index contributed by atoms with van der Waals surface area (Å²) in [6.45, 7) is 3.32. The number of hydrogen-bond acceptors (Lipinski definition) is 3. The van der Waals surface area contributed by atoms with Crippen LogP contribution in [0.1, 0.15) is 30.0 Å². The lowest BCUT2D eigenvalue weighted by Gasteiger charge is -2.21. The Balaban J connectivity index is 2.28. The minimum atomic E-state index is 0.545. The number of aryl methyl sites for hydroxylation is 1. The summed E-state index contributed by atoms with van der Waals surface area (Å²) in [5.41, 5.74) is 2.62. The Bertz CT molecular complexity index is 351. The second kappa shape index (κ2) is 4.19. The minimum Gasteiger partial charge on any atom is -0.481 e. The van der Waals surface area contributed by atoms with Gasteiger partial charge >= 0.3 is 0 Å². The van der Waals surface area contributed by atoms with Gasteiger partial charge in [-0.15, -0.1) is 0 Å². The fraction of sp³-hybridized carbons (Fsp3) is 0.583. The van der Waals surface area contributed by atoms with Crippen molar-refractivity contribution in [3.8, 4) is 5.88 Å². The number of aromatic nitrogens is 1. The standard InChI is InChI=1S/C12H18N2O/c1-9-7-12(15-3)13-8-10(9)11-5-4-6-14(11)2/h7-8,11H,4-6H2,1-3H3/t11-/m0/s1. The average molecular weight is 206 g/mol. The van der Waals surface area contributed by atoms with Crippen molar-refractivity contribution < 1.29 is 4.74 Å². The van der Waals surface area contributed by atoms with E-state index in [0.717, 1.165) is 0 Å². The summed E-state index contributed by atoms with van der Waals surface area (Å²) in [6.07, 6.45) is 4.48. The number of methoxy groups -OCH3 is 1. The van der Waals surface area contributed by atoms with E-state index in [1.165, 1.54) is 30.5 Å².